The van der Waals surface area contributed by atoms with E-state index in [0.717, 1.165) is 20.8 Å². The van der Waals surface area contributed by atoms with Gasteiger partial charge in [0.1, 0.15) is 17.2 Å². The monoisotopic (exact) mass is 251 g/mol. The second-order valence-electron chi connectivity index (χ2n) is 3.05. The molecule has 1 heterocycles. The first kappa shape index (κ1) is 11.2. The minimum Gasteiger partial charge on any atom is -0.373 e. The van der Waals surface area contributed by atoms with Gasteiger partial charge in [0.2, 0.25) is 0 Å². The van der Waals surface area contributed by atoms with E-state index < -0.39 is 0 Å². The van der Waals surface area contributed by atoms with Crippen molar-refractivity contribution in [2.75, 3.05) is 12.4 Å². The van der Waals surface area contributed by atoms with Crippen LogP contribution in [0.1, 0.15) is 0 Å². The van der Waals surface area contributed by atoms with Crippen molar-refractivity contribution in [3.63, 3.8) is 0 Å². The molecule has 82 valence electrons. The van der Waals surface area contributed by atoms with Gasteiger partial charge in [0.15, 0.2) is 0 Å². The zero-order chi connectivity index (χ0) is 11.4. The Labute approximate surface area is 103 Å². The number of hydrogen-bond acceptors (Lipinski definition) is 4. The molecule has 5 heteroatoms. The Morgan fingerprint density at radius 3 is 2.62 bits per heavy atom. The molecule has 2 rings (SSSR count). The Bertz CT molecular complexity index is 473. The summed E-state index contributed by atoms with van der Waals surface area (Å²) >= 11 is 7.39. The fourth-order valence-electron chi connectivity index (χ4n) is 1.16. The molecule has 0 saturated carbocycles. The van der Waals surface area contributed by atoms with Crippen molar-refractivity contribution in [3.05, 3.63) is 41.7 Å². The highest BCUT2D eigenvalue weighted by molar-refractivity contribution is 7.99. The molecule has 1 N–H and O–H groups in total. The lowest BCUT2D eigenvalue weighted by Gasteiger charge is -2.02. The molecule has 0 aliphatic rings. The zero-order valence-electron chi connectivity index (χ0n) is 8.64. The van der Waals surface area contributed by atoms with Gasteiger partial charge in [-0.25, -0.2) is 9.97 Å². The van der Waals surface area contributed by atoms with Crippen LogP contribution >= 0.6 is 23.4 Å². The van der Waals surface area contributed by atoms with Crippen LogP contribution in [0.4, 0.5) is 5.82 Å². The van der Waals surface area contributed by atoms with Crippen LogP contribution < -0.4 is 5.32 Å². The summed E-state index contributed by atoms with van der Waals surface area (Å²) in [6, 6.07) is 9.57. The normalized spacial score (nSPS) is 10.1. The van der Waals surface area contributed by atoms with E-state index in [9.17, 15) is 0 Å². The lowest BCUT2D eigenvalue weighted by molar-refractivity contribution is 1.05. The molecule has 1 aromatic carbocycles. The van der Waals surface area contributed by atoms with E-state index in [-0.39, 0.29) is 0 Å². The molecule has 0 unspecified atom stereocenters. The molecule has 0 amide bonds. The molecule has 3 nitrogen and oxygen atoms in total. The van der Waals surface area contributed by atoms with Crippen LogP contribution in [-0.4, -0.2) is 17.0 Å². The van der Waals surface area contributed by atoms with Crippen LogP contribution in [-0.2, 0) is 0 Å². The molecule has 0 aliphatic heterocycles. The van der Waals surface area contributed by atoms with Crippen molar-refractivity contribution in [2.24, 2.45) is 0 Å². The number of nitrogens with zero attached hydrogens (tertiary/aromatic N) is 2. The molecule has 0 radical (unpaired) electrons. The highest BCUT2D eigenvalue weighted by atomic mass is 35.5. The molecular weight excluding hydrogens is 242 g/mol. The van der Waals surface area contributed by atoms with E-state index in [2.05, 4.69) is 15.3 Å². The summed E-state index contributed by atoms with van der Waals surface area (Å²) in [5.74, 6) is 0.812. The van der Waals surface area contributed by atoms with Gasteiger partial charge in [-0.3, -0.25) is 0 Å². The lowest BCUT2D eigenvalue weighted by Crippen LogP contribution is -1.93. The Kier molecular flexibility index (Phi) is 3.64. The number of aromatic nitrogens is 2. The largest absolute Gasteiger partial charge is 0.373 e. The predicted molar refractivity (Wildman–Crippen MR) is 67.2 cm³/mol. The summed E-state index contributed by atoms with van der Waals surface area (Å²) < 4.78 is 0. The van der Waals surface area contributed by atoms with E-state index in [1.165, 1.54) is 0 Å². The maximum atomic E-state index is 5.82. The smallest absolute Gasteiger partial charge is 0.130 e. The Morgan fingerprint density at radius 2 is 1.94 bits per heavy atom. The molecule has 16 heavy (non-hydrogen) atoms. The number of hydrogen-bond donors (Lipinski definition) is 1. The summed E-state index contributed by atoms with van der Waals surface area (Å²) in [4.78, 5) is 9.34. The fraction of sp³-hybridized carbons (Fsp3) is 0.0909. The topological polar surface area (TPSA) is 37.8 Å². The molecule has 0 saturated heterocycles. The molecule has 1 aromatic heterocycles. The average molecular weight is 252 g/mol. The number of rotatable bonds is 3. The average Bonchev–Trinajstić information content (AvgIpc) is 2.32. The van der Waals surface area contributed by atoms with E-state index in [0.29, 0.717) is 0 Å². The van der Waals surface area contributed by atoms with Crippen molar-refractivity contribution in [3.8, 4) is 0 Å². The van der Waals surface area contributed by atoms with Crippen LogP contribution in [0, 0.1) is 0 Å². The summed E-state index contributed by atoms with van der Waals surface area (Å²) in [6.07, 6.45) is 1.55. The van der Waals surface area contributed by atoms with Crippen LogP contribution in [0.25, 0.3) is 0 Å². The molecule has 0 spiro atoms. The summed E-state index contributed by atoms with van der Waals surface area (Å²) in [5, 5.41) is 4.62. The number of nitrogens with one attached hydrogen (secondary N) is 1. The third kappa shape index (κ3) is 2.87. The second kappa shape index (κ2) is 5.18. The van der Waals surface area contributed by atoms with Gasteiger partial charge in [-0.1, -0.05) is 23.4 Å². The zero-order valence-corrected chi connectivity index (χ0v) is 10.2. The highest BCUT2D eigenvalue weighted by Crippen LogP contribution is 2.27. The van der Waals surface area contributed by atoms with Gasteiger partial charge in [0.05, 0.1) is 0 Å². The summed E-state index contributed by atoms with van der Waals surface area (Å²) in [6.45, 7) is 0. The van der Waals surface area contributed by atoms with Gasteiger partial charge >= 0.3 is 0 Å². The van der Waals surface area contributed by atoms with E-state index in [1.54, 1.807) is 18.1 Å². The third-order valence-corrected chi connectivity index (χ3v) is 3.13. The SMILES string of the molecule is CNc1cc(Sc2ccc(Cl)cc2)ncn1. The van der Waals surface area contributed by atoms with E-state index in [4.69, 9.17) is 11.6 Å². The van der Waals surface area contributed by atoms with E-state index in [1.807, 2.05) is 37.4 Å². The molecule has 2 aromatic rings. The van der Waals surface area contributed by atoms with Crippen LogP contribution in [0.2, 0.25) is 5.02 Å². The van der Waals surface area contributed by atoms with Crippen molar-refractivity contribution in [1.82, 2.24) is 9.97 Å². The van der Waals surface area contributed by atoms with Gasteiger partial charge in [-0.2, -0.15) is 0 Å². The van der Waals surface area contributed by atoms with Crippen LogP contribution in [0.15, 0.2) is 46.6 Å². The minimum atomic E-state index is 0.739. The standard InChI is InChI=1S/C11H10ClN3S/c1-13-10-6-11(15-7-14-10)16-9-4-2-8(12)3-5-9/h2-7H,1H3,(H,13,14,15). The van der Waals surface area contributed by atoms with Crippen LogP contribution in [0.3, 0.4) is 0 Å². The Balaban J connectivity index is 2.16. The van der Waals surface area contributed by atoms with Crippen molar-refractivity contribution in [1.29, 1.82) is 0 Å². The first-order valence-electron chi connectivity index (χ1n) is 4.71. The Hall–Kier alpha value is -1.26. The van der Waals surface area contributed by atoms with Gasteiger partial charge < -0.3 is 5.32 Å². The molecule has 0 atom stereocenters. The maximum absolute atomic E-state index is 5.82. The number of benzene rings is 1. The molecule has 0 fully saturated rings. The molecule has 0 aliphatic carbocycles. The molecule has 0 bridgehead atoms. The lowest BCUT2D eigenvalue weighted by atomic mass is 10.4. The van der Waals surface area contributed by atoms with Gasteiger partial charge in [0, 0.05) is 23.0 Å². The Morgan fingerprint density at radius 1 is 1.19 bits per heavy atom. The summed E-state index contributed by atoms with van der Waals surface area (Å²) in [5.41, 5.74) is 0. The number of anilines is 1. The number of halogens is 1. The van der Waals surface area contributed by atoms with Crippen molar-refractivity contribution < 1.29 is 0 Å². The summed E-state index contributed by atoms with van der Waals surface area (Å²) in [7, 11) is 1.83. The third-order valence-electron chi connectivity index (χ3n) is 1.93. The van der Waals surface area contributed by atoms with Crippen LogP contribution in [0.5, 0.6) is 0 Å². The minimum absolute atomic E-state index is 0.739. The predicted octanol–water partition coefficient (Wildman–Crippen LogP) is 3.32. The molecular formula is C11H10ClN3S. The van der Waals surface area contributed by atoms with E-state index >= 15 is 0 Å². The maximum Gasteiger partial charge on any atom is 0.130 e. The first-order valence-corrected chi connectivity index (χ1v) is 5.90. The first-order chi connectivity index (χ1) is 7.78. The second-order valence-corrected chi connectivity index (χ2v) is 4.58. The van der Waals surface area contributed by atoms with Crippen molar-refractivity contribution in [2.45, 2.75) is 9.92 Å². The van der Waals surface area contributed by atoms with Gasteiger partial charge in [-0.15, -0.1) is 0 Å². The highest BCUT2D eigenvalue weighted by Gasteiger charge is 2.00. The quantitative estimate of drug-likeness (QED) is 0.850. The van der Waals surface area contributed by atoms with Gasteiger partial charge in [0.25, 0.3) is 0 Å². The fourth-order valence-corrected chi connectivity index (χ4v) is 2.07. The van der Waals surface area contributed by atoms with Crippen molar-refractivity contribution >= 4 is 29.2 Å². The van der Waals surface area contributed by atoms with Gasteiger partial charge in [-0.05, 0) is 24.3 Å².